The van der Waals surface area contributed by atoms with Gasteiger partial charge < -0.3 is 4.74 Å². The molecule has 37 heavy (non-hydrogen) atoms. The summed E-state index contributed by atoms with van der Waals surface area (Å²) >= 11 is 1.09. The molecule has 1 saturated heterocycles. The Kier molecular flexibility index (Phi) is 7.37. The second-order valence-corrected chi connectivity index (χ2v) is 10.1. The van der Waals surface area contributed by atoms with Crippen LogP contribution in [0.5, 0.6) is 5.75 Å². The van der Waals surface area contributed by atoms with Crippen LogP contribution in [0, 0.1) is 5.41 Å². The highest BCUT2D eigenvalue weighted by Gasteiger charge is 2.42. The van der Waals surface area contributed by atoms with Gasteiger partial charge >= 0.3 is 0 Å². The van der Waals surface area contributed by atoms with Gasteiger partial charge in [0.25, 0.3) is 0 Å². The van der Waals surface area contributed by atoms with Gasteiger partial charge in [0, 0.05) is 12.8 Å². The first-order valence-electron chi connectivity index (χ1n) is 12.4. The van der Waals surface area contributed by atoms with E-state index in [1.165, 1.54) is 4.90 Å². The van der Waals surface area contributed by atoms with Crippen molar-refractivity contribution < 1.29 is 14.3 Å². The Morgan fingerprint density at radius 1 is 0.973 bits per heavy atom. The number of amides is 2. The lowest BCUT2D eigenvalue weighted by atomic mass is 9.99. The topological polar surface area (TPSA) is 86.1 Å². The fourth-order valence-corrected chi connectivity index (χ4v) is 5.48. The molecule has 188 valence electrons. The number of ether oxygens (including phenoxy) is 1. The second kappa shape index (κ2) is 11.0. The number of amidine groups is 1. The Balaban J connectivity index is 1.33. The maximum Gasteiger partial charge on any atom is 0.247 e. The summed E-state index contributed by atoms with van der Waals surface area (Å²) in [6, 6.07) is 26.7. The number of rotatable bonds is 7. The van der Waals surface area contributed by atoms with E-state index in [0.717, 1.165) is 35.0 Å². The fraction of sp³-hybridized carbons (Fsp3) is 0.241. The molecule has 3 aromatic rings. The molecular formula is C29H28N4O3S. The minimum absolute atomic E-state index is 0.0407. The van der Waals surface area contributed by atoms with Gasteiger partial charge in [-0.3, -0.25) is 15.0 Å². The van der Waals surface area contributed by atoms with E-state index in [-0.39, 0.29) is 29.4 Å². The summed E-state index contributed by atoms with van der Waals surface area (Å²) in [5.74, 6) is 0.113. The van der Waals surface area contributed by atoms with E-state index in [9.17, 15) is 9.59 Å². The average molecular weight is 513 g/mol. The van der Waals surface area contributed by atoms with Gasteiger partial charge in [-0.15, -0.1) is 0 Å². The van der Waals surface area contributed by atoms with E-state index < -0.39 is 5.25 Å². The third-order valence-corrected chi connectivity index (χ3v) is 7.40. The lowest BCUT2D eigenvalue weighted by Crippen LogP contribution is -2.32. The molecule has 0 radical (unpaired) electrons. The predicted molar refractivity (Wildman–Crippen MR) is 147 cm³/mol. The van der Waals surface area contributed by atoms with Gasteiger partial charge in [-0.05, 0) is 41.8 Å². The summed E-state index contributed by atoms with van der Waals surface area (Å²) < 4.78 is 5.61. The average Bonchev–Trinajstić information content (AvgIpc) is 3.50. The van der Waals surface area contributed by atoms with E-state index in [1.807, 2.05) is 67.6 Å². The maximum absolute atomic E-state index is 13.3. The van der Waals surface area contributed by atoms with Gasteiger partial charge in [-0.25, -0.2) is 9.91 Å². The van der Waals surface area contributed by atoms with Crippen LogP contribution in [0.3, 0.4) is 0 Å². The Morgan fingerprint density at radius 3 is 2.32 bits per heavy atom. The van der Waals surface area contributed by atoms with Crippen molar-refractivity contribution in [2.24, 2.45) is 5.10 Å². The number of carbonyl (C=O) groups excluding carboxylic acids is 2. The molecule has 0 saturated carbocycles. The van der Waals surface area contributed by atoms with Crippen LogP contribution in [0.2, 0.25) is 0 Å². The van der Waals surface area contributed by atoms with Crippen molar-refractivity contribution in [1.82, 2.24) is 5.01 Å². The van der Waals surface area contributed by atoms with Crippen LogP contribution >= 0.6 is 11.8 Å². The number of nitrogens with zero attached hydrogens (tertiary/aromatic N) is 3. The van der Waals surface area contributed by atoms with E-state index >= 15 is 0 Å². The number of carbonyl (C=O) groups is 2. The lowest BCUT2D eigenvalue weighted by molar-refractivity contribution is -0.121. The Bertz CT molecular complexity index is 1310. The molecule has 0 aromatic heterocycles. The molecule has 2 aliphatic rings. The number of hydrogen-bond donors (Lipinski definition) is 1. The molecule has 1 fully saturated rings. The van der Waals surface area contributed by atoms with Crippen LogP contribution in [0.1, 0.15) is 43.4 Å². The van der Waals surface area contributed by atoms with Crippen molar-refractivity contribution in [2.45, 2.75) is 37.5 Å². The molecule has 7 nitrogen and oxygen atoms in total. The highest BCUT2D eigenvalue weighted by molar-refractivity contribution is 8.14. The molecule has 8 heteroatoms. The van der Waals surface area contributed by atoms with Gasteiger partial charge in [0.1, 0.15) is 11.0 Å². The van der Waals surface area contributed by atoms with Gasteiger partial charge in [0.15, 0.2) is 5.17 Å². The maximum atomic E-state index is 13.3. The summed E-state index contributed by atoms with van der Waals surface area (Å²) in [7, 11) is 0. The summed E-state index contributed by atoms with van der Waals surface area (Å²) in [5, 5.41) is 14.8. The number of thioether (sulfide) groups is 1. The summed E-state index contributed by atoms with van der Waals surface area (Å²) in [6.07, 6.45) is 1.58. The van der Waals surface area contributed by atoms with E-state index in [4.69, 9.17) is 15.2 Å². The first-order chi connectivity index (χ1) is 18.0. The number of hydrogen-bond acceptors (Lipinski definition) is 6. The van der Waals surface area contributed by atoms with E-state index in [2.05, 4.69) is 0 Å². The Labute approximate surface area is 220 Å². The van der Waals surface area contributed by atoms with Crippen LogP contribution in [-0.2, 0) is 9.59 Å². The highest BCUT2D eigenvalue weighted by Crippen LogP contribution is 2.37. The van der Waals surface area contributed by atoms with E-state index in [1.54, 1.807) is 29.3 Å². The van der Waals surface area contributed by atoms with Gasteiger partial charge in [-0.2, -0.15) is 5.10 Å². The van der Waals surface area contributed by atoms with Gasteiger partial charge in [0.05, 0.1) is 24.0 Å². The number of imide groups is 1. The zero-order valence-electron chi connectivity index (χ0n) is 20.5. The minimum atomic E-state index is -0.677. The number of hydrazone groups is 1. The molecule has 0 spiro atoms. The van der Waals surface area contributed by atoms with Crippen LogP contribution in [0.4, 0.5) is 5.69 Å². The predicted octanol–water partition coefficient (Wildman–Crippen LogP) is 5.63. The first-order valence-corrected chi connectivity index (χ1v) is 13.2. The number of nitrogens with one attached hydrogen (secondary N) is 1. The molecule has 1 N–H and O–H groups in total. The molecule has 2 amide bonds. The van der Waals surface area contributed by atoms with E-state index in [0.29, 0.717) is 24.5 Å². The van der Waals surface area contributed by atoms with Crippen LogP contribution in [0.15, 0.2) is 90.0 Å². The standard InChI is InChI=1S/C29H28N4O3S/c1-2-17-36-23-15-13-22(14-16-23)32-27(34)19-26(28(32)35)37-29(30)33-25(21-11-7-4-8-12-21)18-24(31-33)20-9-5-3-6-10-20/h3-16,25-26,30H,2,17-19H2,1H3/t25-,26-/m0/s1. The van der Waals surface area contributed by atoms with Crippen molar-refractivity contribution in [3.8, 4) is 5.75 Å². The van der Waals surface area contributed by atoms with Crippen molar-refractivity contribution in [2.75, 3.05) is 11.5 Å². The molecule has 0 aliphatic carbocycles. The quantitative estimate of drug-likeness (QED) is 0.252. The molecule has 3 aromatic carbocycles. The second-order valence-electron chi connectivity index (χ2n) is 8.91. The smallest absolute Gasteiger partial charge is 0.247 e. The highest BCUT2D eigenvalue weighted by atomic mass is 32.2. The zero-order valence-corrected chi connectivity index (χ0v) is 21.4. The molecule has 5 rings (SSSR count). The monoisotopic (exact) mass is 512 g/mol. The van der Waals surface area contributed by atoms with Gasteiger partial charge in [0.2, 0.25) is 11.8 Å². The van der Waals surface area contributed by atoms with Crippen LogP contribution in [-0.4, -0.2) is 39.6 Å². The van der Waals surface area contributed by atoms with Gasteiger partial charge in [-0.1, -0.05) is 79.3 Å². The summed E-state index contributed by atoms with van der Waals surface area (Å²) in [4.78, 5) is 27.3. The molecule has 0 unspecified atom stereocenters. The Hall–Kier alpha value is -3.91. The van der Waals surface area contributed by atoms with Crippen LogP contribution in [0.25, 0.3) is 0 Å². The van der Waals surface area contributed by atoms with Crippen molar-refractivity contribution >= 4 is 40.1 Å². The SMILES string of the molecule is CCCOc1ccc(N2C(=O)C[C@H](SC(=N)N3N=C(c4ccccc4)C[C@H]3c3ccccc3)C2=O)cc1. The summed E-state index contributed by atoms with van der Waals surface area (Å²) in [5.41, 5.74) is 3.46. The van der Waals surface area contributed by atoms with Crippen molar-refractivity contribution in [3.63, 3.8) is 0 Å². The molecular weight excluding hydrogens is 484 g/mol. The molecule has 2 heterocycles. The first kappa shape index (κ1) is 24.8. The van der Waals surface area contributed by atoms with Crippen LogP contribution < -0.4 is 9.64 Å². The van der Waals surface area contributed by atoms with Crippen molar-refractivity contribution in [3.05, 3.63) is 96.1 Å². The zero-order chi connectivity index (χ0) is 25.8. The third-order valence-electron chi connectivity index (χ3n) is 6.34. The fourth-order valence-electron chi connectivity index (χ4n) is 4.50. The lowest BCUT2D eigenvalue weighted by Gasteiger charge is -2.24. The minimum Gasteiger partial charge on any atom is -0.494 e. The molecule has 2 atom stereocenters. The number of anilines is 1. The largest absolute Gasteiger partial charge is 0.494 e. The summed E-state index contributed by atoms with van der Waals surface area (Å²) in [6.45, 7) is 2.64. The molecule has 0 bridgehead atoms. The normalized spacial score (nSPS) is 19.3. The third kappa shape index (κ3) is 5.29. The molecule has 2 aliphatic heterocycles. The van der Waals surface area contributed by atoms with Crippen molar-refractivity contribution in [1.29, 1.82) is 5.41 Å². The Morgan fingerprint density at radius 2 is 1.65 bits per heavy atom. The number of benzene rings is 3.